The zero-order chi connectivity index (χ0) is 27.1. The van der Waals surface area contributed by atoms with E-state index in [1.54, 1.807) is 6.92 Å². The predicted molar refractivity (Wildman–Crippen MR) is 144 cm³/mol. The standard InChI is InChI=1S/C28H34N6O4/c1-18-26(36)33-23(14-19-8-4-3-5-9-19)27(37)30-13-12-29-17-25(35)32-24(28(38)34(18)2)15-20-16-31-22-11-7-6-10-21(20)22/h3-11,16,18,23-24,29,31H,12-15,17H2,1-2H3,(H,30,37)(H,32,35)(H,33,36)/t18-,23-,24-/m0/s1. The lowest BCUT2D eigenvalue weighted by atomic mass is 10.0. The number of fused-ring (bicyclic) bond motifs is 1. The number of aromatic nitrogens is 1. The van der Waals surface area contributed by atoms with Crippen LogP contribution in [-0.2, 0) is 32.0 Å². The second-order valence-electron chi connectivity index (χ2n) is 9.53. The number of nitrogens with one attached hydrogen (secondary N) is 5. The Morgan fingerprint density at radius 1 is 0.842 bits per heavy atom. The van der Waals surface area contributed by atoms with Crippen molar-refractivity contribution >= 4 is 34.5 Å². The van der Waals surface area contributed by atoms with E-state index < -0.39 is 29.9 Å². The monoisotopic (exact) mass is 518 g/mol. The van der Waals surface area contributed by atoms with Crippen LogP contribution in [0.2, 0.25) is 0 Å². The molecule has 200 valence electrons. The highest BCUT2D eigenvalue weighted by Gasteiger charge is 2.32. The van der Waals surface area contributed by atoms with E-state index in [1.165, 1.54) is 11.9 Å². The molecule has 0 radical (unpaired) electrons. The lowest BCUT2D eigenvalue weighted by molar-refractivity contribution is -0.141. The van der Waals surface area contributed by atoms with Crippen molar-refractivity contribution in [3.63, 3.8) is 0 Å². The first-order chi connectivity index (χ1) is 18.3. The number of benzene rings is 2. The van der Waals surface area contributed by atoms with Crippen LogP contribution < -0.4 is 21.3 Å². The van der Waals surface area contributed by atoms with Crippen molar-refractivity contribution < 1.29 is 19.2 Å². The van der Waals surface area contributed by atoms with Crippen molar-refractivity contribution in [2.75, 3.05) is 26.7 Å². The highest BCUT2D eigenvalue weighted by atomic mass is 16.2. The van der Waals surface area contributed by atoms with Gasteiger partial charge in [0.05, 0.1) is 6.54 Å². The SMILES string of the molecule is C[C@H]1C(=O)N[C@@H](Cc2ccccc2)C(=O)NCCNCC(=O)N[C@@H](Cc2c[nH]c3ccccc23)C(=O)N1C. The maximum Gasteiger partial charge on any atom is 0.245 e. The Kier molecular flexibility index (Phi) is 8.75. The quantitative estimate of drug-likeness (QED) is 0.343. The normalized spacial score (nSPS) is 22.3. The highest BCUT2D eigenvalue weighted by molar-refractivity contribution is 5.95. The number of amides is 4. The van der Waals surface area contributed by atoms with Crippen molar-refractivity contribution in [2.24, 2.45) is 0 Å². The molecule has 1 aliphatic rings. The lowest BCUT2D eigenvalue weighted by Gasteiger charge is -2.30. The van der Waals surface area contributed by atoms with Crippen LogP contribution in [0.25, 0.3) is 10.9 Å². The van der Waals surface area contributed by atoms with E-state index in [0.29, 0.717) is 13.0 Å². The van der Waals surface area contributed by atoms with Crippen LogP contribution in [-0.4, -0.2) is 78.3 Å². The van der Waals surface area contributed by atoms with E-state index >= 15 is 0 Å². The van der Waals surface area contributed by atoms with Crippen molar-refractivity contribution in [3.05, 3.63) is 71.9 Å². The van der Waals surface area contributed by atoms with E-state index in [4.69, 9.17) is 0 Å². The summed E-state index contributed by atoms with van der Waals surface area (Å²) in [5, 5.41) is 12.4. The molecule has 1 saturated heterocycles. The van der Waals surface area contributed by atoms with Gasteiger partial charge in [-0.05, 0) is 24.1 Å². The smallest absolute Gasteiger partial charge is 0.245 e. The van der Waals surface area contributed by atoms with Crippen molar-refractivity contribution in [1.82, 2.24) is 31.2 Å². The van der Waals surface area contributed by atoms with Gasteiger partial charge >= 0.3 is 0 Å². The fourth-order valence-corrected chi connectivity index (χ4v) is 4.53. The van der Waals surface area contributed by atoms with Gasteiger partial charge in [-0.15, -0.1) is 0 Å². The first-order valence-corrected chi connectivity index (χ1v) is 12.8. The van der Waals surface area contributed by atoms with Crippen LogP contribution in [0, 0.1) is 0 Å². The molecular weight excluding hydrogens is 484 g/mol. The minimum Gasteiger partial charge on any atom is -0.361 e. The summed E-state index contributed by atoms with van der Waals surface area (Å²) in [4.78, 5) is 57.0. The molecule has 0 spiro atoms. The molecule has 0 saturated carbocycles. The zero-order valence-electron chi connectivity index (χ0n) is 21.6. The van der Waals surface area contributed by atoms with Crippen LogP contribution >= 0.6 is 0 Å². The van der Waals surface area contributed by atoms with Gasteiger partial charge in [-0.2, -0.15) is 0 Å². The van der Waals surface area contributed by atoms with Gasteiger partial charge in [0, 0.05) is 50.1 Å². The molecule has 3 atom stereocenters. The van der Waals surface area contributed by atoms with E-state index in [9.17, 15) is 19.2 Å². The second-order valence-corrected chi connectivity index (χ2v) is 9.53. The first kappa shape index (κ1) is 26.9. The van der Waals surface area contributed by atoms with Crippen molar-refractivity contribution in [2.45, 2.75) is 37.9 Å². The van der Waals surface area contributed by atoms with E-state index in [0.717, 1.165) is 22.0 Å². The number of nitrogens with zero attached hydrogens (tertiary/aromatic N) is 1. The summed E-state index contributed by atoms with van der Waals surface area (Å²) in [6.07, 6.45) is 2.39. The van der Waals surface area contributed by atoms with Gasteiger partial charge in [0.15, 0.2) is 0 Å². The predicted octanol–water partition coefficient (Wildman–Crippen LogP) is 0.489. The summed E-state index contributed by atoms with van der Waals surface area (Å²) < 4.78 is 0. The van der Waals surface area contributed by atoms with Gasteiger partial charge < -0.3 is 31.2 Å². The minimum absolute atomic E-state index is 0.0164. The van der Waals surface area contributed by atoms with E-state index in [-0.39, 0.29) is 31.3 Å². The lowest BCUT2D eigenvalue weighted by Crippen LogP contribution is -2.57. The third-order valence-corrected chi connectivity index (χ3v) is 6.84. The summed E-state index contributed by atoms with van der Waals surface area (Å²) >= 11 is 0. The molecule has 38 heavy (non-hydrogen) atoms. The summed E-state index contributed by atoms with van der Waals surface area (Å²) in [6.45, 7) is 2.22. The topological polar surface area (TPSA) is 135 Å². The van der Waals surface area contributed by atoms with Gasteiger partial charge in [-0.3, -0.25) is 19.2 Å². The van der Waals surface area contributed by atoms with E-state index in [1.807, 2.05) is 60.8 Å². The molecule has 0 aliphatic carbocycles. The third kappa shape index (κ3) is 6.57. The average molecular weight is 519 g/mol. The summed E-state index contributed by atoms with van der Waals surface area (Å²) in [5.41, 5.74) is 2.71. The van der Waals surface area contributed by atoms with Crippen LogP contribution in [0.3, 0.4) is 0 Å². The Bertz CT molecular complexity index is 1290. The van der Waals surface area contributed by atoms with Gasteiger partial charge in [0.2, 0.25) is 23.6 Å². The van der Waals surface area contributed by atoms with Crippen LogP contribution in [0.5, 0.6) is 0 Å². The van der Waals surface area contributed by atoms with Crippen LogP contribution in [0.1, 0.15) is 18.1 Å². The van der Waals surface area contributed by atoms with E-state index in [2.05, 4.69) is 26.3 Å². The summed E-state index contributed by atoms with van der Waals surface area (Å²) in [5.74, 6) is -1.54. The zero-order valence-corrected chi connectivity index (χ0v) is 21.6. The molecule has 1 aliphatic heterocycles. The Hall–Kier alpha value is -4.18. The fraction of sp³-hybridized carbons (Fsp3) is 0.357. The number of aromatic amines is 1. The number of rotatable bonds is 4. The molecule has 0 unspecified atom stereocenters. The van der Waals surface area contributed by atoms with Gasteiger partial charge in [0.1, 0.15) is 18.1 Å². The maximum absolute atomic E-state index is 13.6. The van der Waals surface area contributed by atoms with Crippen molar-refractivity contribution in [3.8, 4) is 0 Å². The number of H-pyrrole nitrogens is 1. The van der Waals surface area contributed by atoms with Gasteiger partial charge in [0.25, 0.3) is 0 Å². The molecule has 1 fully saturated rings. The average Bonchev–Trinajstić information content (AvgIpc) is 3.33. The Labute approximate surface area is 221 Å². The number of likely N-dealkylation sites (N-methyl/N-ethyl adjacent to an activating group) is 1. The number of hydrogen-bond acceptors (Lipinski definition) is 5. The van der Waals surface area contributed by atoms with Crippen LogP contribution in [0.4, 0.5) is 0 Å². The molecular formula is C28H34N6O4. The molecule has 0 bridgehead atoms. The first-order valence-electron chi connectivity index (χ1n) is 12.8. The molecule has 3 aromatic rings. The molecule has 4 amide bonds. The molecule has 1 aromatic heterocycles. The Balaban J connectivity index is 1.57. The number of para-hydroxylation sites is 1. The number of hydrogen-bond donors (Lipinski definition) is 5. The molecule has 5 N–H and O–H groups in total. The fourth-order valence-electron chi connectivity index (χ4n) is 4.53. The van der Waals surface area contributed by atoms with Gasteiger partial charge in [-0.25, -0.2) is 0 Å². The second kappa shape index (κ2) is 12.4. The summed E-state index contributed by atoms with van der Waals surface area (Å²) in [7, 11) is 1.53. The molecule has 10 nitrogen and oxygen atoms in total. The Morgan fingerprint density at radius 2 is 1.58 bits per heavy atom. The summed E-state index contributed by atoms with van der Waals surface area (Å²) in [6, 6.07) is 14.6. The van der Waals surface area contributed by atoms with Crippen molar-refractivity contribution in [1.29, 1.82) is 0 Å². The number of carbonyl (C=O) groups is 4. The Morgan fingerprint density at radius 3 is 2.37 bits per heavy atom. The minimum atomic E-state index is -0.881. The highest BCUT2D eigenvalue weighted by Crippen LogP contribution is 2.20. The molecule has 4 rings (SSSR count). The molecule has 2 heterocycles. The number of carbonyl (C=O) groups excluding carboxylic acids is 4. The molecule has 2 aromatic carbocycles. The third-order valence-electron chi connectivity index (χ3n) is 6.84. The van der Waals surface area contributed by atoms with Crippen LogP contribution in [0.15, 0.2) is 60.8 Å². The maximum atomic E-state index is 13.6. The van der Waals surface area contributed by atoms with Gasteiger partial charge in [-0.1, -0.05) is 48.5 Å². The molecule has 10 heteroatoms. The largest absolute Gasteiger partial charge is 0.361 e.